The molecule has 1 unspecified atom stereocenters. The summed E-state index contributed by atoms with van der Waals surface area (Å²) in [5.74, 6) is -0.658. The Bertz CT molecular complexity index is 341. The number of hydrogen-bond donors (Lipinski definition) is 0. The van der Waals surface area contributed by atoms with Gasteiger partial charge in [0.2, 0.25) is 0 Å². The summed E-state index contributed by atoms with van der Waals surface area (Å²) in [6.45, 7) is 3.27. The topological polar surface area (TPSA) is 40.1 Å². The van der Waals surface area contributed by atoms with Gasteiger partial charge >= 0.3 is 0 Å². The first-order valence-corrected chi connectivity index (χ1v) is 4.46. The predicted octanol–water partition coefficient (Wildman–Crippen LogP) is 1.68. The molecule has 1 rings (SSSR count). The van der Waals surface area contributed by atoms with E-state index in [1.807, 2.05) is 0 Å². The predicted molar refractivity (Wildman–Crippen MR) is 43.1 cm³/mol. The smallest absolute Gasteiger partial charge is 0.141 e. The molecule has 0 radical (unpaired) electrons. The van der Waals surface area contributed by atoms with E-state index in [2.05, 4.69) is 0 Å². The van der Waals surface area contributed by atoms with Crippen LogP contribution in [0.4, 0.5) is 4.39 Å². The average Bonchev–Trinajstić information content (AvgIpc) is 1.96. The van der Waals surface area contributed by atoms with E-state index < -0.39 is 16.9 Å². The molecule has 0 fully saturated rings. The van der Waals surface area contributed by atoms with Gasteiger partial charge in [0, 0.05) is 21.1 Å². The minimum Gasteiger partial charge on any atom is -0.768 e. The molecular weight excluding hydrogens is 363 g/mol. The van der Waals surface area contributed by atoms with Crippen LogP contribution < -0.4 is 0 Å². The maximum Gasteiger partial charge on any atom is 0.141 e. The van der Waals surface area contributed by atoms with Gasteiger partial charge < -0.3 is 4.55 Å². The fraction of sp³-hybridized carbons (Fsp3) is 0.250. The molecule has 0 bridgehead atoms. The van der Waals surface area contributed by atoms with Gasteiger partial charge in [0.25, 0.3) is 0 Å². The number of benzene rings is 1. The minimum atomic E-state index is -2.49. The first-order valence-electron chi connectivity index (χ1n) is 3.38. The average molecular weight is 371 g/mol. The Morgan fingerprint density at radius 1 is 1.38 bits per heavy atom. The van der Waals surface area contributed by atoms with Crippen LogP contribution in [0.15, 0.2) is 17.0 Å². The fourth-order valence-corrected chi connectivity index (χ4v) is 1.62. The van der Waals surface area contributed by atoms with E-state index in [1.54, 1.807) is 19.9 Å². The second-order valence-electron chi connectivity index (χ2n) is 2.63. The van der Waals surface area contributed by atoms with E-state index in [0.29, 0.717) is 5.56 Å². The van der Waals surface area contributed by atoms with Crippen molar-refractivity contribution in [2.45, 2.75) is 18.7 Å². The molecule has 0 aromatic heterocycles. The van der Waals surface area contributed by atoms with Gasteiger partial charge in [-0.15, -0.1) is 0 Å². The van der Waals surface area contributed by atoms with Gasteiger partial charge in [-0.05, 0) is 42.1 Å². The third kappa shape index (κ3) is 2.97. The van der Waals surface area contributed by atoms with Crippen molar-refractivity contribution >= 4 is 11.1 Å². The Hall–Kier alpha value is -0.0517. The molecule has 1 aromatic carbocycles. The monoisotopic (exact) mass is 371 g/mol. The Morgan fingerprint density at radius 3 is 2.38 bits per heavy atom. The summed E-state index contributed by atoms with van der Waals surface area (Å²) in [5.41, 5.74) is 1.10. The molecule has 0 saturated heterocycles. The quantitative estimate of drug-likeness (QED) is 0.705. The van der Waals surface area contributed by atoms with Crippen molar-refractivity contribution in [3.8, 4) is 0 Å². The van der Waals surface area contributed by atoms with E-state index in [4.69, 9.17) is 0 Å². The zero-order valence-electron chi connectivity index (χ0n) is 7.17. The Kier molecular flexibility index (Phi) is 4.97. The van der Waals surface area contributed by atoms with E-state index in [1.165, 1.54) is 6.07 Å². The second kappa shape index (κ2) is 4.99. The van der Waals surface area contributed by atoms with Crippen molar-refractivity contribution in [3.05, 3.63) is 29.1 Å². The maximum absolute atomic E-state index is 13.0. The summed E-state index contributed by atoms with van der Waals surface area (Å²) in [6.07, 6.45) is 0. The largest absolute Gasteiger partial charge is 0.768 e. The van der Waals surface area contributed by atoms with Crippen LogP contribution in [0.2, 0.25) is 0 Å². The number of aryl methyl sites for hydroxylation is 2. The third-order valence-corrected chi connectivity index (χ3v) is 2.20. The minimum absolute atomic E-state index is 0. The fourth-order valence-electron chi connectivity index (χ4n) is 1.03. The SMILES string of the molecule is Cc1cc(C)c(F)c(S(=O)[O-])c1.[W]. The van der Waals surface area contributed by atoms with E-state index in [9.17, 15) is 13.2 Å². The molecule has 2 nitrogen and oxygen atoms in total. The van der Waals surface area contributed by atoms with Gasteiger partial charge in [-0.2, -0.15) is 0 Å². The van der Waals surface area contributed by atoms with Gasteiger partial charge in [0.15, 0.2) is 0 Å². The molecule has 0 aliphatic carbocycles. The molecule has 0 aliphatic rings. The van der Waals surface area contributed by atoms with Crippen LogP contribution >= 0.6 is 0 Å². The van der Waals surface area contributed by atoms with Crippen molar-refractivity contribution in [2.75, 3.05) is 0 Å². The van der Waals surface area contributed by atoms with Crippen LogP contribution in [0.1, 0.15) is 11.1 Å². The van der Waals surface area contributed by atoms with Gasteiger partial charge in [0.1, 0.15) is 5.82 Å². The molecular formula is C8H8FO2SW-. The maximum atomic E-state index is 13.0. The van der Waals surface area contributed by atoms with E-state index in [0.717, 1.165) is 5.56 Å². The molecule has 0 spiro atoms. The zero-order valence-corrected chi connectivity index (χ0v) is 10.9. The molecule has 1 atom stereocenters. The Balaban J connectivity index is 0.00000144. The molecule has 0 aliphatic heterocycles. The van der Waals surface area contributed by atoms with Crippen LogP contribution in [0.25, 0.3) is 0 Å². The summed E-state index contributed by atoms with van der Waals surface area (Å²) >= 11 is -2.49. The summed E-state index contributed by atoms with van der Waals surface area (Å²) in [7, 11) is 0. The van der Waals surface area contributed by atoms with Crippen molar-refractivity contribution in [3.63, 3.8) is 0 Å². The second-order valence-corrected chi connectivity index (χ2v) is 3.54. The number of rotatable bonds is 1. The summed E-state index contributed by atoms with van der Waals surface area (Å²) < 4.78 is 34.0. The first kappa shape index (κ1) is 12.9. The van der Waals surface area contributed by atoms with E-state index >= 15 is 0 Å². The molecule has 0 N–H and O–H groups in total. The van der Waals surface area contributed by atoms with Gasteiger partial charge in [-0.3, -0.25) is 4.21 Å². The third-order valence-electron chi connectivity index (χ3n) is 1.55. The molecule has 5 heteroatoms. The Morgan fingerprint density at radius 2 is 1.92 bits per heavy atom. The molecule has 72 valence electrons. The first-order chi connectivity index (χ1) is 5.52. The van der Waals surface area contributed by atoms with Crippen LogP contribution in [0.3, 0.4) is 0 Å². The number of hydrogen-bond acceptors (Lipinski definition) is 2. The molecule has 0 saturated carbocycles. The van der Waals surface area contributed by atoms with Crippen molar-refractivity contribution < 1.29 is 34.2 Å². The van der Waals surface area contributed by atoms with Crippen LogP contribution in [0, 0.1) is 19.7 Å². The molecule has 0 amide bonds. The molecule has 13 heavy (non-hydrogen) atoms. The van der Waals surface area contributed by atoms with Crippen LogP contribution in [-0.2, 0) is 32.1 Å². The summed E-state index contributed by atoms with van der Waals surface area (Å²) in [4.78, 5) is -0.257. The van der Waals surface area contributed by atoms with Crippen molar-refractivity contribution in [2.24, 2.45) is 0 Å². The summed E-state index contributed by atoms with van der Waals surface area (Å²) in [6, 6.07) is 2.91. The van der Waals surface area contributed by atoms with Crippen molar-refractivity contribution in [1.29, 1.82) is 0 Å². The van der Waals surface area contributed by atoms with Gasteiger partial charge in [-0.25, -0.2) is 4.39 Å². The number of halogens is 1. The summed E-state index contributed by atoms with van der Waals surface area (Å²) in [5, 5.41) is 0. The van der Waals surface area contributed by atoms with Crippen LogP contribution in [-0.4, -0.2) is 8.76 Å². The van der Waals surface area contributed by atoms with E-state index in [-0.39, 0.29) is 26.0 Å². The normalized spacial score (nSPS) is 12.0. The standard InChI is InChI=1S/C8H9FO2S.W/c1-5-3-6(2)8(9)7(4-5)12(10)11;/h3-4H,1-2H3,(H,10,11);/p-1. The van der Waals surface area contributed by atoms with Crippen molar-refractivity contribution in [1.82, 2.24) is 0 Å². The van der Waals surface area contributed by atoms with Gasteiger partial charge in [-0.1, -0.05) is 6.07 Å². The zero-order chi connectivity index (χ0) is 9.30. The molecule has 0 heterocycles. The molecule has 1 aromatic rings. The Labute approximate surface area is 93.1 Å². The van der Waals surface area contributed by atoms with Crippen LogP contribution in [0.5, 0.6) is 0 Å². The van der Waals surface area contributed by atoms with Gasteiger partial charge in [0.05, 0.1) is 4.90 Å².